The Balaban J connectivity index is 2.66. The molecule has 0 aliphatic rings. The van der Waals surface area contributed by atoms with Gasteiger partial charge in [-0.3, -0.25) is 0 Å². The van der Waals surface area contributed by atoms with Crippen molar-refractivity contribution in [2.24, 2.45) is 0 Å². The summed E-state index contributed by atoms with van der Waals surface area (Å²) in [5.74, 6) is 0. The van der Waals surface area contributed by atoms with Gasteiger partial charge in [0.1, 0.15) is 7.85 Å². The molecular formula is C7H8BN3S. The van der Waals surface area contributed by atoms with Gasteiger partial charge in [0.05, 0.1) is 11.7 Å². The smallest absolute Gasteiger partial charge is 0.207 e. The van der Waals surface area contributed by atoms with Gasteiger partial charge in [-0.05, 0) is 12.3 Å². The van der Waals surface area contributed by atoms with Crippen molar-refractivity contribution < 1.29 is 0 Å². The molecule has 0 spiro atoms. The van der Waals surface area contributed by atoms with Gasteiger partial charge in [0.25, 0.3) is 0 Å². The molecule has 0 unspecified atom stereocenters. The summed E-state index contributed by atoms with van der Waals surface area (Å²) in [6.07, 6.45) is 5.81. The fourth-order valence-corrected chi connectivity index (χ4v) is 1.45. The third kappa shape index (κ3) is 1.20. The van der Waals surface area contributed by atoms with E-state index < -0.39 is 0 Å². The Labute approximate surface area is 75.6 Å². The third-order valence-electron chi connectivity index (χ3n) is 1.65. The van der Waals surface area contributed by atoms with Crippen LogP contribution in [0.1, 0.15) is 0 Å². The van der Waals surface area contributed by atoms with Crippen molar-refractivity contribution in [2.45, 2.75) is 5.16 Å². The van der Waals surface area contributed by atoms with Crippen LogP contribution in [0, 0.1) is 0 Å². The summed E-state index contributed by atoms with van der Waals surface area (Å²) in [6.45, 7) is 0. The van der Waals surface area contributed by atoms with Gasteiger partial charge in [0.2, 0.25) is 5.16 Å². The van der Waals surface area contributed by atoms with Crippen LogP contribution < -0.4 is 5.46 Å². The molecule has 0 fully saturated rings. The van der Waals surface area contributed by atoms with Crippen LogP contribution in [0.5, 0.6) is 0 Å². The van der Waals surface area contributed by atoms with E-state index in [4.69, 9.17) is 0 Å². The van der Waals surface area contributed by atoms with E-state index in [2.05, 4.69) is 16.1 Å². The average Bonchev–Trinajstić information content (AvgIpc) is 2.43. The summed E-state index contributed by atoms with van der Waals surface area (Å²) >= 11 is 1.55. The van der Waals surface area contributed by atoms with Gasteiger partial charge in [-0.2, -0.15) is 0 Å². The van der Waals surface area contributed by atoms with E-state index in [1.54, 1.807) is 11.8 Å². The van der Waals surface area contributed by atoms with E-state index in [0.717, 1.165) is 10.7 Å². The predicted molar refractivity (Wildman–Crippen MR) is 52.9 cm³/mol. The molecular weight excluding hydrogens is 169 g/mol. The molecule has 0 N–H and O–H groups in total. The molecule has 2 aromatic heterocycles. The second kappa shape index (κ2) is 2.82. The zero-order valence-electron chi connectivity index (χ0n) is 6.98. The molecule has 60 valence electrons. The summed E-state index contributed by atoms with van der Waals surface area (Å²) in [4.78, 5) is 4.17. The van der Waals surface area contributed by atoms with Crippen LogP contribution in [0.25, 0.3) is 5.52 Å². The Morgan fingerprint density at radius 2 is 2.42 bits per heavy atom. The maximum Gasteiger partial charge on any atom is 0.207 e. The normalized spacial score (nSPS) is 10.8. The van der Waals surface area contributed by atoms with Crippen LogP contribution in [0.3, 0.4) is 0 Å². The number of hydrogen-bond acceptors (Lipinski definition) is 3. The molecule has 2 rings (SSSR count). The maximum atomic E-state index is 4.28. The number of hydrogen-bond donors (Lipinski definition) is 0. The maximum absolute atomic E-state index is 4.28. The summed E-state index contributed by atoms with van der Waals surface area (Å²) in [6, 6.07) is 2.06. The van der Waals surface area contributed by atoms with Crippen molar-refractivity contribution in [3.05, 3.63) is 18.5 Å². The van der Waals surface area contributed by atoms with Crippen LogP contribution >= 0.6 is 11.8 Å². The van der Waals surface area contributed by atoms with Crippen LogP contribution in [0.15, 0.2) is 23.6 Å². The molecule has 0 aliphatic carbocycles. The Hall–Kier alpha value is -0.965. The number of aromatic nitrogens is 3. The minimum atomic E-state index is 0.804. The van der Waals surface area contributed by atoms with Crippen molar-refractivity contribution in [3.63, 3.8) is 0 Å². The molecule has 5 heteroatoms. The molecule has 0 bridgehead atoms. The topological polar surface area (TPSA) is 30.2 Å². The Bertz CT molecular complexity index is 412. The van der Waals surface area contributed by atoms with Crippen LogP contribution in [0.2, 0.25) is 0 Å². The monoisotopic (exact) mass is 177 g/mol. The lowest BCUT2D eigenvalue weighted by Gasteiger charge is -1.94. The van der Waals surface area contributed by atoms with Crippen molar-refractivity contribution in [1.29, 1.82) is 0 Å². The van der Waals surface area contributed by atoms with E-state index >= 15 is 0 Å². The summed E-state index contributed by atoms with van der Waals surface area (Å²) < 4.78 is 1.86. The average molecular weight is 177 g/mol. The Morgan fingerprint density at radius 1 is 1.58 bits per heavy atom. The molecule has 0 aliphatic heterocycles. The largest absolute Gasteiger partial charge is 0.237 e. The van der Waals surface area contributed by atoms with Crippen molar-refractivity contribution in [1.82, 2.24) is 14.6 Å². The van der Waals surface area contributed by atoms with E-state index in [0.29, 0.717) is 0 Å². The number of rotatable bonds is 1. The highest BCUT2D eigenvalue weighted by atomic mass is 32.2. The lowest BCUT2D eigenvalue weighted by atomic mass is 10.0. The first-order chi connectivity index (χ1) is 5.79. The van der Waals surface area contributed by atoms with Gasteiger partial charge in [-0.15, -0.1) is 5.10 Å². The van der Waals surface area contributed by atoms with Gasteiger partial charge in [0.15, 0.2) is 0 Å². The molecule has 0 saturated carbocycles. The highest BCUT2D eigenvalue weighted by molar-refractivity contribution is 7.98. The van der Waals surface area contributed by atoms with E-state index in [1.807, 2.05) is 31.0 Å². The zero-order valence-corrected chi connectivity index (χ0v) is 7.80. The van der Waals surface area contributed by atoms with Gasteiger partial charge in [-0.1, -0.05) is 17.2 Å². The van der Waals surface area contributed by atoms with Crippen molar-refractivity contribution >= 4 is 30.6 Å². The Morgan fingerprint density at radius 3 is 3.17 bits per heavy atom. The second-order valence-corrected chi connectivity index (χ2v) is 3.41. The lowest BCUT2D eigenvalue weighted by molar-refractivity contribution is 0.800. The third-order valence-corrected chi connectivity index (χ3v) is 2.20. The molecule has 0 saturated heterocycles. The number of thioether (sulfide) groups is 1. The lowest BCUT2D eigenvalue weighted by Crippen LogP contribution is -1.97. The summed E-state index contributed by atoms with van der Waals surface area (Å²) in [7, 11) is 2.05. The van der Waals surface area contributed by atoms with Crippen LogP contribution in [-0.2, 0) is 0 Å². The highest BCUT2D eigenvalue weighted by Crippen LogP contribution is 2.07. The molecule has 12 heavy (non-hydrogen) atoms. The molecule has 2 heterocycles. The SMILES string of the molecule is Bc1cc2cnc(SC)nn2c1. The van der Waals surface area contributed by atoms with Gasteiger partial charge in [0, 0.05) is 6.20 Å². The van der Waals surface area contributed by atoms with E-state index in [1.165, 1.54) is 5.46 Å². The first-order valence-electron chi connectivity index (χ1n) is 3.65. The molecule has 0 amide bonds. The zero-order chi connectivity index (χ0) is 8.55. The number of nitrogens with zero attached hydrogens (tertiary/aromatic N) is 3. The van der Waals surface area contributed by atoms with Gasteiger partial charge in [-0.25, -0.2) is 9.50 Å². The van der Waals surface area contributed by atoms with E-state index in [9.17, 15) is 0 Å². The molecule has 0 aromatic carbocycles. The van der Waals surface area contributed by atoms with Crippen molar-refractivity contribution in [2.75, 3.05) is 6.26 Å². The summed E-state index contributed by atoms with van der Waals surface area (Å²) in [5, 5.41) is 5.09. The summed E-state index contributed by atoms with van der Waals surface area (Å²) in [5.41, 5.74) is 2.26. The standard InChI is InChI=1S/C7H8BN3S/c1-12-7-9-3-6-2-5(8)4-11(6)10-7/h2-4H,8H2,1H3. The first-order valence-corrected chi connectivity index (χ1v) is 4.88. The number of fused-ring (bicyclic) bond motifs is 1. The van der Waals surface area contributed by atoms with Crippen LogP contribution in [-0.4, -0.2) is 28.7 Å². The van der Waals surface area contributed by atoms with Gasteiger partial charge >= 0.3 is 0 Å². The molecule has 2 aromatic rings. The predicted octanol–water partition coefficient (Wildman–Crippen LogP) is -0.290. The quantitative estimate of drug-likeness (QED) is 0.443. The van der Waals surface area contributed by atoms with E-state index in [-0.39, 0.29) is 0 Å². The van der Waals surface area contributed by atoms with Gasteiger partial charge < -0.3 is 0 Å². The molecule has 3 nitrogen and oxygen atoms in total. The fraction of sp³-hybridized carbons (Fsp3) is 0.143. The second-order valence-electron chi connectivity index (χ2n) is 2.63. The molecule has 0 radical (unpaired) electrons. The minimum Gasteiger partial charge on any atom is -0.237 e. The highest BCUT2D eigenvalue weighted by Gasteiger charge is 1.98. The van der Waals surface area contributed by atoms with Crippen LogP contribution in [0.4, 0.5) is 0 Å². The minimum absolute atomic E-state index is 0.804. The van der Waals surface area contributed by atoms with Crippen molar-refractivity contribution in [3.8, 4) is 0 Å². The molecule has 0 atom stereocenters. The Kier molecular flexibility index (Phi) is 1.80. The fourth-order valence-electron chi connectivity index (χ4n) is 1.12. The first kappa shape index (κ1) is 7.67.